The second-order valence-corrected chi connectivity index (χ2v) is 6.72. The number of likely N-dealkylation sites (tertiary alicyclic amines) is 1. The molecule has 2 heterocycles. The van der Waals surface area contributed by atoms with E-state index in [-0.39, 0.29) is 6.10 Å². The Morgan fingerprint density at radius 2 is 1.56 bits per heavy atom. The molecule has 2 aromatic carbocycles. The fourth-order valence-corrected chi connectivity index (χ4v) is 3.46. The van der Waals surface area contributed by atoms with E-state index in [0.29, 0.717) is 0 Å². The van der Waals surface area contributed by atoms with Crippen molar-refractivity contribution in [3.8, 4) is 22.4 Å². The van der Waals surface area contributed by atoms with Gasteiger partial charge in [0.1, 0.15) is 0 Å². The predicted octanol–water partition coefficient (Wildman–Crippen LogP) is 3.70. The Morgan fingerprint density at radius 3 is 2.28 bits per heavy atom. The van der Waals surface area contributed by atoms with Crippen molar-refractivity contribution in [3.05, 3.63) is 66.4 Å². The van der Waals surface area contributed by atoms with Gasteiger partial charge in [-0.2, -0.15) is 5.10 Å². The molecular weight excluding hydrogens is 310 g/mol. The predicted molar refractivity (Wildman–Crippen MR) is 100.0 cm³/mol. The highest BCUT2D eigenvalue weighted by molar-refractivity contribution is 5.69. The lowest BCUT2D eigenvalue weighted by Crippen LogP contribution is -2.35. The van der Waals surface area contributed by atoms with Crippen LogP contribution in [0.3, 0.4) is 0 Å². The van der Waals surface area contributed by atoms with Crippen LogP contribution >= 0.6 is 0 Å². The molecular formula is C21H23N3O. The van der Waals surface area contributed by atoms with E-state index in [1.807, 2.05) is 12.3 Å². The fraction of sp³-hybridized carbons (Fsp3) is 0.286. The summed E-state index contributed by atoms with van der Waals surface area (Å²) in [6.07, 6.45) is 3.51. The van der Waals surface area contributed by atoms with Gasteiger partial charge in [-0.3, -0.25) is 10.00 Å². The topological polar surface area (TPSA) is 52.1 Å². The second-order valence-electron chi connectivity index (χ2n) is 6.72. The Morgan fingerprint density at radius 1 is 0.920 bits per heavy atom. The third-order valence-corrected chi connectivity index (χ3v) is 4.95. The third-order valence-electron chi connectivity index (χ3n) is 4.95. The summed E-state index contributed by atoms with van der Waals surface area (Å²) >= 11 is 0. The van der Waals surface area contributed by atoms with Crippen LogP contribution in [-0.2, 0) is 6.54 Å². The third kappa shape index (κ3) is 3.65. The summed E-state index contributed by atoms with van der Waals surface area (Å²) in [6.45, 7) is 2.76. The summed E-state index contributed by atoms with van der Waals surface area (Å²) in [4.78, 5) is 2.39. The highest BCUT2D eigenvalue weighted by atomic mass is 16.3. The standard InChI is InChI=1S/C21H23N3O/c25-20-10-12-24(13-11-20)15-19-14-22-23-21(19)18-8-6-17(7-9-18)16-4-2-1-3-5-16/h1-9,14,20,25H,10-13,15H2,(H,22,23). The van der Waals surface area contributed by atoms with Crippen LogP contribution in [0.2, 0.25) is 0 Å². The molecule has 25 heavy (non-hydrogen) atoms. The number of hydrogen-bond acceptors (Lipinski definition) is 3. The minimum atomic E-state index is -0.134. The first-order valence-corrected chi connectivity index (χ1v) is 8.88. The molecule has 0 aliphatic carbocycles. The Hall–Kier alpha value is -2.43. The first kappa shape index (κ1) is 16.1. The van der Waals surface area contributed by atoms with Gasteiger partial charge >= 0.3 is 0 Å². The molecule has 1 aliphatic heterocycles. The molecule has 0 unspecified atom stereocenters. The zero-order valence-corrected chi connectivity index (χ0v) is 14.2. The largest absolute Gasteiger partial charge is 0.393 e. The smallest absolute Gasteiger partial charge is 0.0695 e. The Labute approximate surface area is 148 Å². The monoisotopic (exact) mass is 333 g/mol. The summed E-state index contributed by atoms with van der Waals surface area (Å²) in [7, 11) is 0. The molecule has 0 spiro atoms. The van der Waals surface area contributed by atoms with Gasteiger partial charge in [-0.15, -0.1) is 0 Å². The first-order valence-electron chi connectivity index (χ1n) is 8.88. The van der Waals surface area contributed by atoms with Crippen molar-refractivity contribution in [2.75, 3.05) is 13.1 Å². The van der Waals surface area contributed by atoms with E-state index >= 15 is 0 Å². The highest BCUT2D eigenvalue weighted by Crippen LogP contribution is 2.27. The van der Waals surface area contributed by atoms with Crippen LogP contribution in [0.1, 0.15) is 18.4 Å². The molecule has 4 nitrogen and oxygen atoms in total. The minimum absolute atomic E-state index is 0.134. The van der Waals surface area contributed by atoms with Crippen LogP contribution < -0.4 is 0 Å². The number of benzene rings is 2. The first-order chi connectivity index (χ1) is 12.3. The molecule has 3 aromatic rings. The number of aromatic nitrogens is 2. The Balaban J connectivity index is 1.52. The van der Waals surface area contributed by atoms with Crippen molar-refractivity contribution < 1.29 is 5.11 Å². The van der Waals surface area contributed by atoms with Crippen molar-refractivity contribution in [2.24, 2.45) is 0 Å². The van der Waals surface area contributed by atoms with Crippen molar-refractivity contribution in [3.63, 3.8) is 0 Å². The molecule has 0 atom stereocenters. The maximum atomic E-state index is 9.66. The Bertz CT molecular complexity index is 803. The maximum absolute atomic E-state index is 9.66. The summed E-state index contributed by atoms with van der Waals surface area (Å²) < 4.78 is 0. The molecule has 0 amide bonds. The van der Waals surface area contributed by atoms with Gasteiger partial charge in [-0.25, -0.2) is 0 Å². The van der Waals surface area contributed by atoms with Crippen LogP contribution in [0.4, 0.5) is 0 Å². The van der Waals surface area contributed by atoms with E-state index in [1.165, 1.54) is 16.7 Å². The number of H-pyrrole nitrogens is 1. The molecule has 1 saturated heterocycles. The number of nitrogens with one attached hydrogen (secondary N) is 1. The normalized spacial score (nSPS) is 16.2. The van der Waals surface area contributed by atoms with Crippen molar-refractivity contribution in [2.45, 2.75) is 25.5 Å². The number of aromatic amines is 1. The van der Waals surface area contributed by atoms with Crippen LogP contribution in [0.5, 0.6) is 0 Å². The number of aliphatic hydroxyl groups is 1. The van der Waals surface area contributed by atoms with Crippen LogP contribution in [-0.4, -0.2) is 39.4 Å². The minimum Gasteiger partial charge on any atom is -0.393 e. The van der Waals surface area contributed by atoms with Crippen molar-refractivity contribution in [1.29, 1.82) is 0 Å². The molecule has 1 aliphatic rings. The summed E-state index contributed by atoms with van der Waals surface area (Å²) in [5, 5.41) is 17.1. The van der Waals surface area contributed by atoms with E-state index in [1.54, 1.807) is 0 Å². The number of aliphatic hydroxyl groups excluding tert-OH is 1. The molecule has 2 N–H and O–H groups in total. The van der Waals surface area contributed by atoms with Crippen LogP contribution in [0.15, 0.2) is 60.8 Å². The molecule has 4 rings (SSSR count). The second kappa shape index (κ2) is 7.21. The summed E-state index contributed by atoms with van der Waals surface area (Å²) in [5.74, 6) is 0. The van der Waals surface area contributed by atoms with E-state index < -0.39 is 0 Å². The number of rotatable bonds is 4. The van der Waals surface area contributed by atoms with Gasteiger partial charge in [0.25, 0.3) is 0 Å². The van der Waals surface area contributed by atoms with E-state index in [4.69, 9.17) is 0 Å². The molecule has 1 aromatic heterocycles. The van der Waals surface area contributed by atoms with Crippen molar-refractivity contribution in [1.82, 2.24) is 15.1 Å². The summed E-state index contributed by atoms with van der Waals surface area (Å²) in [6, 6.07) is 19.0. The van der Waals surface area contributed by atoms with Gasteiger partial charge in [-0.1, -0.05) is 54.6 Å². The Kier molecular flexibility index (Phi) is 4.63. The number of nitrogens with zero attached hydrogens (tertiary/aromatic N) is 2. The molecule has 1 fully saturated rings. The fourth-order valence-electron chi connectivity index (χ4n) is 3.46. The van der Waals surface area contributed by atoms with E-state index in [0.717, 1.165) is 43.7 Å². The molecule has 0 radical (unpaired) electrons. The molecule has 0 saturated carbocycles. The SMILES string of the molecule is OC1CCN(Cc2cn[nH]c2-c2ccc(-c3ccccc3)cc2)CC1. The summed E-state index contributed by atoms with van der Waals surface area (Å²) in [5.41, 5.74) is 5.90. The lowest BCUT2D eigenvalue weighted by molar-refractivity contribution is 0.0793. The maximum Gasteiger partial charge on any atom is 0.0695 e. The van der Waals surface area contributed by atoms with Crippen molar-refractivity contribution >= 4 is 0 Å². The van der Waals surface area contributed by atoms with E-state index in [9.17, 15) is 5.11 Å². The molecule has 128 valence electrons. The van der Waals surface area contributed by atoms with Gasteiger partial charge in [0, 0.05) is 25.2 Å². The average molecular weight is 333 g/mol. The highest BCUT2D eigenvalue weighted by Gasteiger charge is 2.19. The van der Waals surface area contributed by atoms with Gasteiger partial charge in [0.05, 0.1) is 18.0 Å². The lowest BCUT2D eigenvalue weighted by atomic mass is 10.0. The van der Waals surface area contributed by atoms with Gasteiger partial charge in [-0.05, 0) is 29.5 Å². The van der Waals surface area contributed by atoms with E-state index in [2.05, 4.69) is 63.6 Å². The van der Waals surface area contributed by atoms with Gasteiger partial charge in [0.2, 0.25) is 0 Å². The number of hydrogen-bond donors (Lipinski definition) is 2. The zero-order valence-electron chi connectivity index (χ0n) is 14.2. The molecule has 4 heteroatoms. The van der Waals surface area contributed by atoms with Crippen LogP contribution in [0.25, 0.3) is 22.4 Å². The van der Waals surface area contributed by atoms with Gasteiger partial charge < -0.3 is 5.11 Å². The molecule has 0 bridgehead atoms. The zero-order chi connectivity index (χ0) is 17.1. The lowest BCUT2D eigenvalue weighted by Gasteiger charge is -2.29. The van der Waals surface area contributed by atoms with Gasteiger partial charge in [0.15, 0.2) is 0 Å². The average Bonchev–Trinajstić information content (AvgIpc) is 3.13. The number of piperidine rings is 1. The quantitative estimate of drug-likeness (QED) is 0.765. The van der Waals surface area contributed by atoms with Crippen LogP contribution in [0, 0.1) is 0 Å².